The van der Waals surface area contributed by atoms with E-state index in [2.05, 4.69) is 58.1 Å². The van der Waals surface area contributed by atoms with Crippen LogP contribution in [-0.4, -0.2) is 12.0 Å². The Morgan fingerprint density at radius 3 is 2.60 bits per heavy atom. The highest BCUT2D eigenvalue weighted by atomic mass is 79.9. The van der Waals surface area contributed by atoms with E-state index in [-0.39, 0.29) is 11.9 Å². The number of halogens is 4. The van der Waals surface area contributed by atoms with E-state index in [1.165, 1.54) is 6.07 Å². The largest absolute Gasteiger partial charge is 0.311 e. The van der Waals surface area contributed by atoms with Crippen LogP contribution in [-0.2, 0) is 6.42 Å². The molecule has 0 amide bonds. The summed E-state index contributed by atoms with van der Waals surface area (Å²) in [4.78, 5) is 4.41. The molecule has 2 nitrogen and oxygen atoms in total. The molecule has 1 heterocycles. The Labute approximate surface area is 142 Å². The van der Waals surface area contributed by atoms with Gasteiger partial charge in [-0.2, -0.15) is 0 Å². The fourth-order valence-electron chi connectivity index (χ4n) is 1.94. The number of hydrogen-bond acceptors (Lipinski definition) is 2. The molecule has 106 valence electrons. The van der Waals surface area contributed by atoms with Gasteiger partial charge in [0.2, 0.25) is 0 Å². The highest BCUT2D eigenvalue weighted by molar-refractivity contribution is 9.11. The number of benzene rings is 1. The van der Waals surface area contributed by atoms with Crippen LogP contribution in [0.1, 0.15) is 17.3 Å². The lowest BCUT2D eigenvalue weighted by Crippen LogP contribution is -2.21. The summed E-state index contributed by atoms with van der Waals surface area (Å²) < 4.78 is 16.5. The van der Waals surface area contributed by atoms with Crippen molar-refractivity contribution in [1.82, 2.24) is 10.3 Å². The van der Waals surface area contributed by atoms with E-state index >= 15 is 0 Å². The van der Waals surface area contributed by atoms with Crippen molar-refractivity contribution < 1.29 is 4.39 Å². The van der Waals surface area contributed by atoms with Crippen LogP contribution in [0.2, 0.25) is 0 Å². The van der Waals surface area contributed by atoms with Crippen LogP contribution in [0.3, 0.4) is 0 Å². The molecule has 0 aliphatic heterocycles. The number of nitrogens with zero attached hydrogens (tertiary/aromatic N) is 1. The van der Waals surface area contributed by atoms with Crippen LogP contribution in [0.25, 0.3) is 0 Å². The van der Waals surface area contributed by atoms with Crippen molar-refractivity contribution in [2.45, 2.75) is 12.5 Å². The van der Waals surface area contributed by atoms with Crippen LogP contribution in [0.5, 0.6) is 0 Å². The van der Waals surface area contributed by atoms with Gasteiger partial charge in [0, 0.05) is 19.6 Å². The summed E-state index contributed by atoms with van der Waals surface area (Å²) in [5.41, 5.74) is 1.51. The topological polar surface area (TPSA) is 24.9 Å². The van der Waals surface area contributed by atoms with Gasteiger partial charge in [-0.25, -0.2) is 4.39 Å². The van der Waals surface area contributed by atoms with Crippen molar-refractivity contribution in [2.75, 3.05) is 7.05 Å². The quantitative estimate of drug-likeness (QED) is 0.685. The van der Waals surface area contributed by atoms with Crippen LogP contribution >= 0.6 is 47.8 Å². The number of aromatic nitrogens is 1. The third-order valence-electron chi connectivity index (χ3n) is 2.95. The molecule has 0 bridgehead atoms. The molecule has 0 saturated heterocycles. The third kappa shape index (κ3) is 3.87. The number of nitrogens with one attached hydrogen (secondary N) is 1. The first-order chi connectivity index (χ1) is 9.51. The minimum atomic E-state index is -0.207. The zero-order valence-electron chi connectivity index (χ0n) is 10.6. The van der Waals surface area contributed by atoms with E-state index < -0.39 is 0 Å². The Hall–Kier alpha value is -0.300. The molecule has 1 unspecified atom stereocenters. The molecule has 0 spiro atoms. The van der Waals surface area contributed by atoms with E-state index in [0.29, 0.717) is 12.0 Å². The smallest absolute Gasteiger partial charge is 0.126 e. The molecule has 1 aromatic heterocycles. The van der Waals surface area contributed by atoms with Crippen molar-refractivity contribution >= 4 is 47.8 Å². The predicted octanol–water partition coefficient (Wildman–Crippen LogP) is 5.01. The Bertz CT molecular complexity index is 619. The Balaban J connectivity index is 2.31. The molecule has 0 saturated carbocycles. The highest BCUT2D eigenvalue weighted by Gasteiger charge is 2.17. The van der Waals surface area contributed by atoms with E-state index in [1.807, 2.05) is 13.1 Å². The first-order valence-corrected chi connectivity index (χ1v) is 8.31. The zero-order valence-corrected chi connectivity index (χ0v) is 15.4. The van der Waals surface area contributed by atoms with Crippen molar-refractivity contribution in [1.29, 1.82) is 0 Å². The molecule has 1 N–H and O–H groups in total. The van der Waals surface area contributed by atoms with Crippen molar-refractivity contribution in [2.24, 2.45) is 0 Å². The van der Waals surface area contributed by atoms with Gasteiger partial charge in [-0.3, -0.25) is 4.98 Å². The molecule has 0 radical (unpaired) electrons. The predicted molar refractivity (Wildman–Crippen MR) is 89.2 cm³/mol. The second-order valence-corrected chi connectivity index (χ2v) is 6.99. The average Bonchev–Trinajstić information content (AvgIpc) is 2.40. The summed E-state index contributed by atoms with van der Waals surface area (Å²) >= 11 is 10.2. The molecular formula is C14H12Br3FN2. The first-order valence-electron chi connectivity index (χ1n) is 5.93. The summed E-state index contributed by atoms with van der Waals surface area (Å²) in [5, 5.41) is 3.18. The molecule has 2 rings (SSSR count). The second kappa shape index (κ2) is 7.11. The van der Waals surface area contributed by atoms with Gasteiger partial charge in [0.15, 0.2) is 0 Å². The maximum absolute atomic E-state index is 13.9. The summed E-state index contributed by atoms with van der Waals surface area (Å²) in [5.74, 6) is -0.207. The first kappa shape index (κ1) is 16.1. The molecule has 6 heteroatoms. The van der Waals surface area contributed by atoms with E-state index in [0.717, 1.165) is 19.1 Å². The molecule has 0 aliphatic carbocycles. The third-order valence-corrected chi connectivity index (χ3v) is 4.51. The van der Waals surface area contributed by atoms with Crippen molar-refractivity contribution in [3.05, 3.63) is 61.0 Å². The van der Waals surface area contributed by atoms with Gasteiger partial charge in [0.25, 0.3) is 0 Å². The number of hydrogen-bond donors (Lipinski definition) is 1. The molecular weight excluding hydrogens is 455 g/mol. The van der Waals surface area contributed by atoms with Gasteiger partial charge in [0.1, 0.15) is 5.82 Å². The number of likely N-dealkylation sites (N-methyl/N-ethyl adjacent to an activating group) is 1. The number of pyridine rings is 1. The van der Waals surface area contributed by atoms with Gasteiger partial charge < -0.3 is 5.32 Å². The van der Waals surface area contributed by atoms with Crippen molar-refractivity contribution in [3.63, 3.8) is 0 Å². The highest BCUT2D eigenvalue weighted by Crippen LogP contribution is 2.28. The maximum atomic E-state index is 13.9. The Morgan fingerprint density at radius 2 is 1.95 bits per heavy atom. The molecule has 20 heavy (non-hydrogen) atoms. The van der Waals surface area contributed by atoms with Gasteiger partial charge in [-0.15, -0.1) is 0 Å². The van der Waals surface area contributed by atoms with Crippen LogP contribution in [0, 0.1) is 5.82 Å². The fourth-order valence-corrected chi connectivity index (χ4v) is 3.61. The van der Waals surface area contributed by atoms with Gasteiger partial charge in [-0.1, -0.05) is 15.9 Å². The minimum absolute atomic E-state index is 0.0683. The molecule has 1 atom stereocenters. The molecule has 1 aromatic carbocycles. The zero-order chi connectivity index (χ0) is 14.7. The monoisotopic (exact) mass is 464 g/mol. The summed E-state index contributed by atoms with van der Waals surface area (Å²) in [7, 11) is 1.84. The van der Waals surface area contributed by atoms with Crippen molar-refractivity contribution in [3.8, 4) is 0 Å². The summed E-state index contributed by atoms with van der Waals surface area (Å²) in [6.07, 6.45) is 2.26. The molecule has 2 aromatic rings. The standard InChI is InChI=1S/C14H12Br3FN2/c1-19-13(14-11(17)6-10(16)7-20-14)5-8-4-9(15)2-3-12(8)18/h2-4,6-7,13,19H,5H2,1H3. The summed E-state index contributed by atoms with van der Waals surface area (Å²) in [6, 6.07) is 6.83. The molecule has 0 aliphatic rings. The average molecular weight is 467 g/mol. The lowest BCUT2D eigenvalue weighted by molar-refractivity contribution is 0.543. The second-order valence-electron chi connectivity index (χ2n) is 4.30. The molecule has 0 fully saturated rings. The van der Waals surface area contributed by atoms with E-state index in [4.69, 9.17) is 0 Å². The Kier molecular flexibility index (Phi) is 5.72. The lowest BCUT2D eigenvalue weighted by Gasteiger charge is -2.18. The lowest BCUT2D eigenvalue weighted by atomic mass is 10.0. The normalized spacial score (nSPS) is 12.4. The van der Waals surface area contributed by atoms with E-state index in [9.17, 15) is 4.39 Å². The maximum Gasteiger partial charge on any atom is 0.126 e. The Morgan fingerprint density at radius 1 is 1.20 bits per heavy atom. The van der Waals surface area contributed by atoms with Gasteiger partial charge >= 0.3 is 0 Å². The van der Waals surface area contributed by atoms with Gasteiger partial charge in [0.05, 0.1) is 11.7 Å². The fraction of sp³-hybridized carbons (Fsp3) is 0.214. The van der Waals surface area contributed by atoms with Crippen LogP contribution in [0.4, 0.5) is 4.39 Å². The number of rotatable bonds is 4. The van der Waals surface area contributed by atoms with Gasteiger partial charge in [-0.05, 0) is 75.2 Å². The van der Waals surface area contributed by atoms with Crippen LogP contribution < -0.4 is 5.32 Å². The van der Waals surface area contributed by atoms with E-state index in [1.54, 1.807) is 18.3 Å². The van der Waals surface area contributed by atoms with Crippen LogP contribution in [0.15, 0.2) is 43.9 Å². The minimum Gasteiger partial charge on any atom is -0.311 e. The summed E-state index contributed by atoms with van der Waals surface area (Å²) in [6.45, 7) is 0. The SMILES string of the molecule is CNC(Cc1cc(Br)ccc1F)c1ncc(Br)cc1Br.